The van der Waals surface area contributed by atoms with Crippen LogP contribution in [0.5, 0.6) is 17.2 Å². The lowest BCUT2D eigenvalue weighted by Gasteiger charge is -2.10. The number of aromatic amines is 1. The third-order valence-electron chi connectivity index (χ3n) is 12.9. The predicted octanol–water partition coefficient (Wildman–Crippen LogP) is 12.7. The molecule has 0 fully saturated rings. The van der Waals surface area contributed by atoms with Gasteiger partial charge < -0.3 is 14.2 Å². The molecular formula is C63H46ClF9N12O6. The second kappa shape index (κ2) is 29.4. The van der Waals surface area contributed by atoms with E-state index in [1.54, 1.807) is 73.2 Å². The summed E-state index contributed by atoms with van der Waals surface area (Å²) in [5.74, 6) is -0.276. The average molecular weight is 1270 g/mol. The van der Waals surface area contributed by atoms with Gasteiger partial charge in [-0.1, -0.05) is 88.4 Å². The quantitative estimate of drug-likeness (QED) is 0.0790. The smallest absolute Gasteiger partial charge is 0.406 e. The largest absolute Gasteiger partial charge is 0.573 e. The van der Waals surface area contributed by atoms with Gasteiger partial charge in [0, 0.05) is 60.8 Å². The first-order chi connectivity index (χ1) is 43.6. The number of rotatable bonds is 14. The molecule has 12 aromatic rings. The fourth-order valence-electron chi connectivity index (χ4n) is 8.70. The Balaban J connectivity index is 0.000000152. The highest BCUT2D eigenvalue weighted by atomic mass is 35.5. The van der Waals surface area contributed by atoms with Crippen LogP contribution in [0, 0.1) is 0 Å². The van der Waals surface area contributed by atoms with E-state index in [-0.39, 0.29) is 33.9 Å². The number of aromatic nitrogens is 12. The van der Waals surface area contributed by atoms with Gasteiger partial charge in [-0.3, -0.25) is 29.3 Å². The van der Waals surface area contributed by atoms with Crippen molar-refractivity contribution < 1.29 is 53.7 Å². The molecule has 6 heterocycles. The van der Waals surface area contributed by atoms with Crippen molar-refractivity contribution in [3.8, 4) is 50.6 Å². The lowest BCUT2D eigenvalue weighted by molar-refractivity contribution is -0.275. The van der Waals surface area contributed by atoms with E-state index in [1.807, 2.05) is 54.6 Å². The lowest BCUT2D eigenvalue weighted by Crippen LogP contribution is -2.25. The highest BCUT2D eigenvalue weighted by Crippen LogP contribution is 2.31. The van der Waals surface area contributed by atoms with Gasteiger partial charge in [0.1, 0.15) is 33.8 Å². The van der Waals surface area contributed by atoms with E-state index in [0.717, 1.165) is 23.5 Å². The van der Waals surface area contributed by atoms with Gasteiger partial charge in [-0.05, 0) is 143 Å². The van der Waals surface area contributed by atoms with Crippen molar-refractivity contribution in [3.63, 3.8) is 0 Å². The maximum atomic E-state index is 12.8. The summed E-state index contributed by atoms with van der Waals surface area (Å²) in [5.41, 5.74) is 7.00. The third-order valence-corrected chi connectivity index (χ3v) is 13.1. The molecule has 6 aromatic carbocycles. The monoisotopic (exact) mass is 1270 g/mol. The Morgan fingerprint density at radius 3 is 1.05 bits per heavy atom. The summed E-state index contributed by atoms with van der Waals surface area (Å²) in [7, 11) is 0. The fraction of sp³-hybridized carbons (Fsp3) is 0.143. The molecule has 0 saturated carbocycles. The Bertz CT molecular complexity index is 4360. The maximum Gasteiger partial charge on any atom is 0.573 e. The van der Waals surface area contributed by atoms with E-state index in [0.29, 0.717) is 97.9 Å². The molecule has 6 aromatic heterocycles. The van der Waals surface area contributed by atoms with Crippen LogP contribution < -0.4 is 30.9 Å². The van der Waals surface area contributed by atoms with Crippen molar-refractivity contribution in [1.82, 2.24) is 60.4 Å². The zero-order valence-electron chi connectivity index (χ0n) is 46.9. The molecule has 0 aliphatic rings. The van der Waals surface area contributed by atoms with Crippen molar-refractivity contribution >= 4 is 44.3 Å². The topological polar surface area (TPSA) is 221 Å². The van der Waals surface area contributed by atoms with E-state index < -0.39 is 19.1 Å². The zero-order valence-corrected chi connectivity index (χ0v) is 47.7. The van der Waals surface area contributed by atoms with Crippen molar-refractivity contribution in [3.05, 3.63) is 249 Å². The number of pyridine rings is 3. The second-order valence-electron chi connectivity index (χ2n) is 19.2. The number of halogens is 10. The number of fused-ring (bicyclic) bond motifs is 3. The van der Waals surface area contributed by atoms with Crippen LogP contribution in [0.1, 0.15) is 17.1 Å². The summed E-state index contributed by atoms with van der Waals surface area (Å²) in [5, 5.41) is 26.7. The van der Waals surface area contributed by atoms with Crippen molar-refractivity contribution in [1.29, 1.82) is 0 Å². The molecule has 18 nitrogen and oxygen atoms in total. The summed E-state index contributed by atoms with van der Waals surface area (Å²) < 4.78 is 124. The first-order valence-corrected chi connectivity index (χ1v) is 27.6. The van der Waals surface area contributed by atoms with Gasteiger partial charge in [-0.2, -0.15) is 0 Å². The van der Waals surface area contributed by atoms with Crippen molar-refractivity contribution in [2.24, 2.45) is 0 Å². The second-order valence-corrected chi connectivity index (χ2v) is 19.6. The fourth-order valence-corrected chi connectivity index (χ4v) is 8.89. The Labute approximate surface area is 513 Å². The number of hydrogen-bond donors (Lipinski definition) is 1. The van der Waals surface area contributed by atoms with Crippen LogP contribution in [0.25, 0.3) is 66.1 Å². The molecule has 0 bridgehead atoms. The molecule has 0 amide bonds. The number of alkyl halides is 10. The molecular weight excluding hydrogens is 1230 g/mol. The number of ether oxygens (including phenoxy) is 3. The number of benzene rings is 6. The molecule has 0 atom stereocenters. The van der Waals surface area contributed by atoms with Gasteiger partial charge in [0.2, 0.25) is 0 Å². The summed E-state index contributed by atoms with van der Waals surface area (Å²) in [6.45, 7) is 0.652. The van der Waals surface area contributed by atoms with Gasteiger partial charge in [0.25, 0.3) is 16.7 Å². The molecule has 0 aliphatic carbocycles. The van der Waals surface area contributed by atoms with E-state index in [4.69, 9.17) is 11.6 Å². The minimum absolute atomic E-state index is 0.296. The van der Waals surface area contributed by atoms with E-state index in [1.165, 1.54) is 82.2 Å². The molecule has 0 radical (unpaired) electrons. The van der Waals surface area contributed by atoms with E-state index in [9.17, 15) is 53.9 Å². The SMILES string of the molecule is ClCCc1ccccn1.O=c1[nH]nnc2ccc(-c3ccc(OC(F)(F)F)cc3)cc12.O=c1c2cc(-c3ccc(OC(F)(F)F)cc3)ccc2nnn1CCc1ccccn1.O=c1c2cc(-c3ccc(OC(F)(F)F)cc3)ccc2nnn1CCc1ccccn1. The van der Waals surface area contributed by atoms with Crippen LogP contribution in [0.3, 0.4) is 0 Å². The first-order valence-electron chi connectivity index (χ1n) is 27.1. The number of nitrogens with one attached hydrogen (secondary N) is 1. The summed E-state index contributed by atoms with van der Waals surface area (Å²) in [6.07, 6.45) is -7.15. The average Bonchev–Trinajstić information content (AvgIpc) is 1.47. The standard InChI is InChI=1S/2C21H15F3N4O2.C14H8F3N3O2.C7H8ClN/c2*22-21(23,24)30-17-7-4-14(5-8-17)15-6-9-19-18(13-15)20(29)28(27-26-19)12-10-16-3-1-2-11-25-16;15-14(16,17)22-10-4-1-8(2-5-10)9-3-6-12-11(7-9)13(21)19-20-18-12;8-5-4-7-3-1-2-6-9-7/h2*1-9,11,13H,10,12H2;1-7H,(H,18,19,21);1-3,6H,4-5H2. The van der Waals surface area contributed by atoms with Crippen LogP contribution in [-0.4, -0.2) is 85.3 Å². The third kappa shape index (κ3) is 18.8. The van der Waals surface area contributed by atoms with Gasteiger partial charge in [-0.25, -0.2) is 14.5 Å². The van der Waals surface area contributed by atoms with Crippen LogP contribution >= 0.6 is 11.6 Å². The van der Waals surface area contributed by atoms with Gasteiger partial charge in [0.05, 0.1) is 29.2 Å². The molecule has 12 rings (SSSR count). The Morgan fingerprint density at radius 2 is 0.725 bits per heavy atom. The minimum atomic E-state index is -4.75. The molecule has 464 valence electrons. The zero-order chi connectivity index (χ0) is 64.5. The number of nitrogens with zero attached hydrogens (tertiary/aromatic N) is 11. The van der Waals surface area contributed by atoms with Crippen LogP contribution in [0.2, 0.25) is 0 Å². The number of aryl methyl sites for hydroxylation is 5. The molecule has 0 unspecified atom stereocenters. The minimum Gasteiger partial charge on any atom is -0.406 e. The van der Waals surface area contributed by atoms with Gasteiger partial charge in [0.15, 0.2) is 0 Å². The summed E-state index contributed by atoms with van der Waals surface area (Å²) >= 11 is 5.50. The van der Waals surface area contributed by atoms with Crippen LogP contribution in [0.15, 0.2) is 215 Å². The summed E-state index contributed by atoms with van der Waals surface area (Å²) in [4.78, 5) is 49.9. The van der Waals surface area contributed by atoms with Crippen molar-refractivity contribution in [2.75, 3.05) is 5.88 Å². The van der Waals surface area contributed by atoms with Gasteiger partial charge in [-0.15, -0.1) is 66.4 Å². The molecule has 0 spiro atoms. The molecule has 91 heavy (non-hydrogen) atoms. The molecule has 1 N–H and O–H groups in total. The van der Waals surface area contributed by atoms with E-state index >= 15 is 0 Å². The molecule has 0 saturated heterocycles. The Morgan fingerprint density at radius 1 is 0.396 bits per heavy atom. The normalized spacial score (nSPS) is 11.4. The van der Waals surface area contributed by atoms with Gasteiger partial charge >= 0.3 is 19.1 Å². The van der Waals surface area contributed by atoms with Crippen LogP contribution in [-0.2, 0) is 32.4 Å². The highest BCUT2D eigenvalue weighted by molar-refractivity contribution is 6.17. The first kappa shape index (κ1) is 64.5. The highest BCUT2D eigenvalue weighted by Gasteiger charge is 2.32. The maximum absolute atomic E-state index is 12.8. The molecule has 0 aliphatic heterocycles. The van der Waals surface area contributed by atoms with Crippen LogP contribution in [0.4, 0.5) is 39.5 Å². The predicted molar refractivity (Wildman–Crippen MR) is 319 cm³/mol. The van der Waals surface area contributed by atoms with E-state index in [2.05, 4.69) is 65.2 Å². The summed E-state index contributed by atoms with van der Waals surface area (Å²) in [6, 6.07) is 48.2. The Kier molecular flexibility index (Phi) is 20.8. The number of H-pyrrole nitrogens is 1. The number of hydrogen-bond acceptors (Lipinski definition) is 15. The Hall–Kier alpha value is -11.0. The lowest BCUT2D eigenvalue weighted by atomic mass is 10.0. The molecule has 28 heteroatoms. The van der Waals surface area contributed by atoms with Crippen molar-refractivity contribution in [2.45, 2.75) is 51.4 Å².